The van der Waals surface area contributed by atoms with Crippen molar-refractivity contribution in [2.75, 3.05) is 13.2 Å². The number of esters is 1. The molecule has 3 rings (SSSR count). The molecule has 0 fully saturated rings. The average molecular weight is 529 g/mol. The van der Waals surface area contributed by atoms with E-state index in [-0.39, 0.29) is 5.97 Å². The van der Waals surface area contributed by atoms with Crippen molar-refractivity contribution in [3.05, 3.63) is 41.3 Å². The lowest BCUT2D eigenvalue weighted by molar-refractivity contribution is 0.0503. The second kappa shape index (κ2) is 16.8. The van der Waals surface area contributed by atoms with Crippen LogP contribution in [0, 0.1) is 0 Å². The van der Waals surface area contributed by atoms with Crippen molar-refractivity contribution in [3.63, 3.8) is 0 Å². The number of carbonyl (C=O) groups is 1. The zero-order chi connectivity index (χ0) is 25.4. The number of ether oxygens (including phenoxy) is 2. The molecule has 0 aliphatic carbocycles. The molecule has 0 saturated carbocycles. The SMILES string of the molecule is CCCCCCCCCOC(=O)c1cc2sc(-c3ccc(OCCCCCCCCC)cc3)cc2s1. The Balaban J connectivity index is 1.38. The van der Waals surface area contributed by atoms with Gasteiger partial charge in [-0.15, -0.1) is 22.7 Å². The zero-order valence-electron chi connectivity index (χ0n) is 22.3. The second-order valence-electron chi connectivity index (χ2n) is 9.70. The van der Waals surface area contributed by atoms with Crippen molar-refractivity contribution >= 4 is 38.0 Å². The first-order valence-corrected chi connectivity index (χ1v) is 15.8. The summed E-state index contributed by atoms with van der Waals surface area (Å²) in [4.78, 5) is 14.4. The molecular weight excluding hydrogens is 484 g/mol. The molecule has 0 amide bonds. The lowest BCUT2D eigenvalue weighted by atomic mass is 10.1. The van der Waals surface area contributed by atoms with E-state index in [2.05, 4.69) is 44.2 Å². The van der Waals surface area contributed by atoms with Crippen LogP contribution in [0.5, 0.6) is 5.75 Å². The fourth-order valence-electron chi connectivity index (χ4n) is 4.34. The minimum absolute atomic E-state index is 0.182. The van der Waals surface area contributed by atoms with Crippen LogP contribution in [0.1, 0.15) is 113 Å². The molecule has 2 heterocycles. The molecule has 3 nitrogen and oxygen atoms in total. The third-order valence-corrected chi connectivity index (χ3v) is 8.87. The third kappa shape index (κ3) is 9.89. The maximum Gasteiger partial charge on any atom is 0.348 e. The van der Waals surface area contributed by atoms with E-state index in [1.807, 2.05) is 6.07 Å². The summed E-state index contributed by atoms with van der Waals surface area (Å²) in [7, 11) is 0. The van der Waals surface area contributed by atoms with Crippen LogP contribution in [0.3, 0.4) is 0 Å². The predicted molar refractivity (Wildman–Crippen MR) is 157 cm³/mol. The molecule has 0 saturated heterocycles. The van der Waals surface area contributed by atoms with Gasteiger partial charge in [0.15, 0.2) is 0 Å². The van der Waals surface area contributed by atoms with Crippen molar-refractivity contribution in [1.29, 1.82) is 0 Å². The first kappa shape index (κ1) is 28.7. The van der Waals surface area contributed by atoms with E-state index in [0.29, 0.717) is 11.5 Å². The summed E-state index contributed by atoms with van der Waals surface area (Å²) in [5, 5.41) is 0. The molecule has 0 N–H and O–H groups in total. The number of carbonyl (C=O) groups excluding carboxylic acids is 1. The summed E-state index contributed by atoms with van der Waals surface area (Å²) in [6.07, 6.45) is 17.6. The van der Waals surface area contributed by atoms with Crippen LogP contribution in [0.2, 0.25) is 0 Å². The number of hydrogen-bond acceptors (Lipinski definition) is 5. The molecule has 3 aromatic rings. The maximum atomic E-state index is 12.4. The quantitative estimate of drug-likeness (QED) is 0.115. The lowest BCUT2D eigenvalue weighted by Gasteiger charge is -2.07. The van der Waals surface area contributed by atoms with Gasteiger partial charge in [-0.2, -0.15) is 0 Å². The fourth-order valence-corrected chi connectivity index (χ4v) is 6.63. The largest absolute Gasteiger partial charge is 0.494 e. The van der Waals surface area contributed by atoms with Gasteiger partial charge in [-0.3, -0.25) is 0 Å². The van der Waals surface area contributed by atoms with Gasteiger partial charge in [0, 0.05) is 14.3 Å². The normalized spacial score (nSPS) is 11.3. The van der Waals surface area contributed by atoms with Gasteiger partial charge >= 0.3 is 5.97 Å². The maximum absolute atomic E-state index is 12.4. The Hall–Kier alpha value is -1.85. The molecule has 0 unspecified atom stereocenters. The first-order chi connectivity index (χ1) is 17.7. The Morgan fingerprint density at radius 3 is 1.83 bits per heavy atom. The minimum atomic E-state index is -0.182. The Kier molecular flexibility index (Phi) is 13.4. The van der Waals surface area contributed by atoms with E-state index in [0.717, 1.165) is 41.0 Å². The van der Waals surface area contributed by atoms with Gasteiger partial charge in [0.25, 0.3) is 0 Å². The number of thiophene rings is 2. The average Bonchev–Trinajstić information content (AvgIpc) is 3.47. The Bertz CT molecular complexity index is 971. The summed E-state index contributed by atoms with van der Waals surface area (Å²) >= 11 is 3.26. The highest BCUT2D eigenvalue weighted by molar-refractivity contribution is 7.30. The number of unbranched alkanes of at least 4 members (excludes halogenated alkanes) is 12. The molecule has 198 valence electrons. The summed E-state index contributed by atoms with van der Waals surface area (Å²) in [6, 6.07) is 12.6. The number of hydrogen-bond donors (Lipinski definition) is 0. The van der Waals surface area contributed by atoms with Gasteiger partial charge in [-0.1, -0.05) is 90.9 Å². The van der Waals surface area contributed by atoms with Crippen LogP contribution >= 0.6 is 22.7 Å². The molecule has 5 heteroatoms. The second-order valence-corrected chi connectivity index (χ2v) is 11.9. The van der Waals surface area contributed by atoms with Crippen molar-refractivity contribution in [1.82, 2.24) is 0 Å². The molecule has 1 aromatic carbocycles. The molecular formula is C31H44O3S2. The smallest absolute Gasteiger partial charge is 0.348 e. The van der Waals surface area contributed by atoms with Gasteiger partial charge in [-0.25, -0.2) is 4.79 Å². The van der Waals surface area contributed by atoms with Crippen molar-refractivity contribution in [2.45, 2.75) is 104 Å². The highest BCUT2D eigenvalue weighted by Crippen LogP contribution is 2.39. The molecule has 0 atom stereocenters. The molecule has 2 aromatic heterocycles. The highest BCUT2D eigenvalue weighted by atomic mass is 32.1. The summed E-state index contributed by atoms with van der Waals surface area (Å²) in [6.45, 7) is 5.81. The highest BCUT2D eigenvalue weighted by Gasteiger charge is 2.14. The van der Waals surface area contributed by atoms with Gasteiger partial charge in [0.05, 0.1) is 13.2 Å². The number of benzene rings is 1. The van der Waals surface area contributed by atoms with Crippen LogP contribution in [-0.2, 0) is 4.74 Å². The van der Waals surface area contributed by atoms with Crippen LogP contribution < -0.4 is 4.74 Å². The van der Waals surface area contributed by atoms with E-state index >= 15 is 0 Å². The fraction of sp³-hybridized carbons (Fsp3) is 0.581. The van der Waals surface area contributed by atoms with E-state index < -0.39 is 0 Å². The van der Waals surface area contributed by atoms with Crippen LogP contribution in [0.25, 0.3) is 19.8 Å². The van der Waals surface area contributed by atoms with E-state index in [4.69, 9.17) is 9.47 Å². The van der Waals surface area contributed by atoms with E-state index in [1.165, 1.54) is 92.4 Å². The number of rotatable bonds is 19. The predicted octanol–water partition coefficient (Wildman–Crippen LogP) is 10.7. The van der Waals surface area contributed by atoms with Crippen molar-refractivity contribution in [3.8, 4) is 16.2 Å². The molecule has 0 aliphatic heterocycles. The Labute approximate surface area is 226 Å². The molecule has 0 aliphatic rings. The van der Waals surface area contributed by atoms with Crippen LogP contribution in [0.4, 0.5) is 0 Å². The van der Waals surface area contributed by atoms with Crippen LogP contribution in [-0.4, -0.2) is 19.2 Å². The topological polar surface area (TPSA) is 35.5 Å². The summed E-state index contributed by atoms with van der Waals surface area (Å²) in [5.41, 5.74) is 1.19. The van der Waals surface area contributed by atoms with Crippen molar-refractivity contribution < 1.29 is 14.3 Å². The Morgan fingerprint density at radius 1 is 0.667 bits per heavy atom. The van der Waals surface area contributed by atoms with Crippen molar-refractivity contribution in [2.24, 2.45) is 0 Å². The minimum Gasteiger partial charge on any atom is -0.494 e. The summed E-state index contributed by atoms with van der Waals surface area (Å²) < 4.78 is 13.7. The van der Waals surface area contributed by atoms with Gasteiger partial charge < -0.3 is 9.47 Å². The Morgan fingerprint density at radius 2 is 1.22 bits per heavy atom. The standard InChI is InChI=1S/C31H44O3S2/c1-3-5-7-9-11-13-15-21-33-26-19-17-25(18-20-26)27-23-28-29(35-27)24-30(36-28)31(32)34-22-16-14-12-10-8-6-4-2/h17-20,23-24H,3-16,21-22H2,1-2H3. The molecule has 0 radical (unpaired) electrons. The van der Waals surface area contributed by atoms with Gasteiger partial charge in [-0.05, 0) is 54.8 Å². The molecule has 36 heavy (non-hydrogen) atoms. The van der Waals surface area contributed by atoms with Crippen LogP contribution in [0.15, 0.2) is 36.4 Å². The monoisotopic (exact) mass is 528 g/mol. The molecule has 0 bridgehead atoms. The van der Waals surface area contributed by atoms with E-state index in [1.54, 1.807) is 11.3 Å². The lowest BCUT2D eigenvalue weighted by Crippen LogP contribution is -2.04. The van der Waals surface area contributed by atoms with Gasteiger partial charge in [0.2, 0.25) is 0 Å². The third-order valence-electron chi connectivity index (χ3n) is 6.54. The van der Waals surface area contributed by atoms with E-state index in [9.17, 15) is 4.79 Å². The zero-order valence-corrected chi connectivity index (χ0v) is 24.0. The number of fused-ring (bicyclic) bond motifs is 1. The molecule has 0 spiro atoms. The van der Waals surface area contributed by atoms with Gasteiger partial charge in [0.1, 0.15) is 10.6 Å². The first-order valence-electron chi connectivity index (χ1n) is 14.1. The summed E-state index contributed by atoms with van der Waals surface area (Å²) in [5.74, 6) is 0.757.